The van der Waals surface area contributed by atoms with Crippen molar-refractivity contribution in [1.29, 1.82) is 0 Å². The highest BCUT2D eigenvalue weighted by atomic mass is 16.5. The second kappa shape index (κ2) is 5.43. The molecule has 7 rings (SSSR count). The summed E-state index contributed by atoms with van der Waals surface area (Å²) in [5, 5.41) is 11.3. The van der Waals surface area contributed by atoms with Gasteiger partial charge in [-0.25, -0.2) is 0 Å². The number of rotatable bonds is 3. The summed E-state index contributed by atoms with van der Waals surface area (Å²) >= 11 is 0. The average Bonchev–Trinajstić information content (AvgIpc) is 3.14. The first-order valence-corrected chi connectivity index (χ1v) is 10.3. The largest absolute Gasteiger partial charge is 0.461 e. The molecule has 1 aromatic rings. The van der Waals surface area contributed by atoms with Gasteiger partial charge in [-0.05, 0) is 37.3 Å². The lowest BCUT2D eigenvalue weighted by Gasteiger charge is -2.60. The quantitative estimate of drug-likeness (QED) is 0.810. The van der Waals surface area contributed by atoms with Gasteiger partial charge in [0.2, 0.25) is 0 Å². The van der Waals surface area contributed by atoms with Gasteiger partial charge in [0.1, 0.15) is 12.3 Å². The van der Waals surface area contributed by atoms with E-state index in [0.29, 0.717) is 0 Å². The van der Waals surface area contributed by atoms with E-state index in [0.717, 1.165) is 24.2 Å². The molecule has 1 aromatic carbocycles. The van der Waals surface area contributed by atoms with Gasteiger partial charge in [-0.2, -0.15) is 0 Å². The number of para-hydroxylation sites is 1. The summed E-state index contributed by atoms with van der Waals surface area (Å²) in [6.07, 6.45) is 0.995. The maximum atomic E-state index is 12.2. The molecule has 6 heteroatoms. The number of ether oxygens (including phenoxy) is 2. The lowest BCUT2D eigenvalue weighted by atomic mass is 9.63. The molecular formula is C22H26N2O4. The third kappa shape index (κ3) is 1.76. The van der Waals surface area contributed by atoms with Crippen molar-refractivity contribution in [2.75, 3.05) is 7.11 Å². The van der Waals surface area contributed by atoms with Crippen LogP contribution < -0.4 is 0 Å². The summed E-state index contributed by atoms with van der Waals surface area (Å²) < 4.78 is 11.7. The number of aliphatic imine (C=N–C) groups is 1. The fraction of sp³-hybridized carbons (Fsp3) is 0.636. The molecule has 6 aliphatic rings. The van der Waals surface area contributed by atoms with Crippen LogP contribution in [0, 0.1) is 17.8 Å². The van der Waals surface area contributed by atoms with Crippen LogP contribution in [0.25, 0.3) is 0 Å². The molecule has 148 valence electrons. The zero-order chi connectivity index (χ0) is 19.4. The van der Waals surface area contributed by atoms with Crippen LogP contribution in [0.3, 0.4) is 0 Å². The van der Waals surface area contributed by atoms with Crippen molar-refractivity contribution in [2.24, 2.45) is 22.7 Å². The molecule has 5 fully saturated rings. The SMILES string of the molecule is COC(C)[C@H]1C2C[C@H]3C4=Nc5ccccc5[C@]45C[C@H](C2C5OC(C)=O)N3[C@@H]1O. The first kappa shape index (κ1) is 17.1. The molecular weight excluding hydrogens is 356 g/mol. The molecule has 0 aromatic heterocycles. The minimum Gasteiger partial charge on any atom is -0.461 e. The molecule has 1 N–H and O–H groups in total. The molecule has 1 aliphatic carbocycles. The van der Waals surface area contributed by atoms with Crippen molar-refractivity contribution < 1.29 is 19.4 Å². The lowest BCUT2D eigenvalue weighted by Crippen LogP contribution is -2.71. The topological polar surface area (TPSA) is 71.4 Å². The predicted molar refractivity (Wildman–Crippen MR) is 102 cm³/mol. The Labute approximate surface area is 164 Å². The Bertz CT molecular complexity index is 900. The number of hydrogen-bond donors (Lipinski definition) is 1. The number of aliphatic hydroxyl groups is 1. The predicted octanol–water partition coefficient (Wildman–Crippen LogP) is 2.02. The summed E-state index contributed by atoms with van der Waals surface area (Å²) in [5.41, 5.74) is 2.96. The molecule has 6 nitrogen and oxygen atoms in total. The summed E-state index contributed by atoms with van der Waals surface area (Å²) in [4.78, 5) is 19.5. The molecule has 1 spiro atoms. The second-order valence-electron chi connectivity index (χ2n) is 9.16. The van der Waals surface area contributed by atoms with E-state index in [1.165, 1.54) is 12.5 Å². The minimum atomic E-state index is -0.541. The van der Waals surface area contributed by atoms with E-state index < -0.39 is 6.23 Å². The molecule has 10 atom stereocenters. The van der Waals surface area contributed by atoms with Crippen molar-refractivity contribution in [3.63, 3.8) is 0 Å². The number of benzene rings is 1. The van der Waals surface area contributed by atoms with Crippen LogP contribution in [-0.2, 0) is 19.7 Å². The number of fused-ring (bicyclic) bond motifs is 2. The normalized spacial score (nSPS) is 47.5. The van der Waals surface area contributed by atoms with Gasteiger partial charge in [-0.15, -0.1) is 0 Å². The van der Waals surface area contributed by atoms with Crippen molar-refractivity contribution in [2.45, 2.75) is 62.6 Å². The van der Waals surface area contributed by atoms with E-state index in [-0.39, 0.29) is 53.4 Å². The van der Waals surface area contributed by atoms with Gasteiger partial charge in [0.15, 0.2) is 0 Å². The summed E-state index contributed by atoms with van der Waals surface area (Å²) in [6, 6.07) is 8.61. The molecule has 5 aliphatic heterocycles. The number of aliphatic hydroxyl groups excluding tert-OH is 1. The number of esters is 1. The Morgan fingerprint density at radius 2 is 2.18 bits per heavy atom. The van der Waals surface area contributed by atoms with E-state index in [4.69, 9.17) is 14.5 Å². The van der Waals surface area contributed by atoms with E-state index in [9.17, 15) is 9.90 Å². The van der Waals surface area contributed by atoms with Crippen molar-refractivity contribution in [3.8, 4) is 0 Å². The number of piperidine rings is 4. The molecule has 1 saturated carbocycles. The van der Waals surface area contributed by atoms with Crippen LogP contribution >= 0.6 is 0 Å². The van der Waals surface area contributed by atoms with Crippen LogP contribution in [0.15, 0.2) is 29.3 Å². The van der Waals surface area contributed by atoms with Crippen LogP contribution in [0.1, 0.15) is 32.3 Å². The third-order valence-corrected chi connectivity index (χ3v) is 8.29. The smallest absolute Gasteiger partial charge is 0.302 e. The maximum Gasteiger partial charge on any atom is 0.302 e. The van der Waals surface area contributed by atoms with Gasteiger partial charge in [0, 0.05) is 31.9 Å². The molecule has 5 heterocycles. The number of carbonyl (C=O) groups excluding carboxylic acids is 1. The summed E-state index contributed by atoms with van der Waals surface area (Å²) in [5.74, 6) is 0.242. The van der Waals surface area contributed by atoms with Gasteiger partial charge >= 0.3 is 5.97 Å². The Morgan fingerprint density at radius 3 is 2.93 bits per heavy atom. The van der Waals surface area contributed by atoms with Gasteiger partial charge in [-0.3, -0.25) is 14.7 Å². The van der Waals surface area contributed by atoms with E-state index in [1.54, 1.807) is 7.11 Å². The fourth-order valence-electron chi connectivity index (χ4n) is 7.47. The second-order valence-corrected chi connectivity index (χ2v) is 9.16. The van der Waals surface area contributed by atoms with Gasteiger partial charge in [-0.1, -0.05) is 18.2 Å². The maximum absolute atomic E-state index is 12.2. The highest BCUT2D eigenvalue weighted by molar-refractivity contribution is 6.07. The first-order valence-electron chi connectivity index (χ1n) is 10.3. The summed E-state index contributed by atoms with van der Waals surface area (Å²) in [6.45, 7) is 3.54. The van der Waals surface area contributed by atoms with Crippen LogP contribution in [-0.4, -0.2) is 59.3 Å². The fourth-order valence-corrected chi connectivity index (χ4v) is 7.47. The molecule has 4 saturated heterocycles. The Morgan fingerprint density at radius 1 is 1.39 bits per heavy atom. The van der Waals surface area contributed by atoms with Crippen LogP contribution in [0.4, 0.5) is 5.69 Å². The monoisotopic (exact) mass is 382 g/mol. The first-order chi connectivity index (χ1) is 13.5. The Kier molecular flexibility index (Phi) is 3.32. The zero-order valence-corrected chi connectivity index (χ0v) is 16.4. The third-order valence-electron chi connectivity index (χ3n) is 8.29. The van der Waals surface area contributed by atoms with Crippen LogP contribution in [0.2, 0.25) is 0 Å². The Hall–Kier alpha value is -1.76. The Balaban J connectivity index is 1.56. The molecule has 5 unspecified atom stereocenters. The van der Waals surface area contributed by atoms with E-state index in [2.05, 4.69) is 23.1 Å². The van der Waals surface area contributed by atoms with Crippen LogP contribution in [0.5, 0.6) is 0 Å². The average molecular weight is 382 g/mol. The number of methoxy groups -OCH3 is 1. The van der Waals surface area contributed by atoms with E-state index in [1.807, 2.05) is 13.0 Å². The van der Waals surface area contributed by atoms with Crippen molar-refractivity contribution in [3.05, 3.63) is 29.8 Å². The lowest BCUT2D eigenvalue weighted by molar-refractivity contribution is -0.221. The highest BCUT2D eigenvalue weighted by Gasteiger charge is 2.76. The van der Waals surface area contributed by atoms with Crippen molar-refractivity contribution in [1.82, 2.24) is 4.90 Å². The minimum absolute atomic E-state index is 0.0189. The van der Waals surface area contributed by atoms with Gasteiger partial charge in [0.05, 0.1) is 29.0 Å². The van der Waals surface area contributed by atoms with Crippen molar-refractivity contribution >= 4 is 17.4 Å². The molecule has 5 bridgehead atoms. The standard InChI is InChI=1S/C22H26N2O4/c1-10(27-3)17-12-8-15-19-22(13-6-4-5-7-14(13)23-19)9-16(24(15)21(17)26)18(12)20(22)28-11(2)25/h4-7,10,12,15-18,20-21,26H,8-9H2,1-3H3/t10?,12?,15-,16+,17-,18?,20?,21+,22+/m0/s1. The number of carbonyl (C=O) groups is 1. The number of hydrogen-bond acceptors (Lipinski definition) is 6. The zero-order valence-electron chi connectivity index (χ0n) is 16.4. The summed E-state index contributed by atoms with van der Waals surface area (Å²) in [7, 11) is 1.71. The molecule has 0 amide bonds. The van der Waals surface area contributed by atoms with E-state index >= 15 is 0 Å². The van der Waals surface area contributed by atoms with Gasteiger partial charge < -0.3 is 14.6 Å². The molecule has 28 heavy (non-hydrogen) atoms. The molecule has 0 radical (unpaired) electrons. The number of nitrogens with zero attached hydrogens (tertiary/aromatic N) is 2. The van der Waals surface area contributed by atoms with Gasteiger partial charge in [0.25, 0.3) is 0 Å². The highest BCUT2D eigenvalue weighted by Crippen LogP contribution is 2.67.